The van der Waals surface area contributed by atoms with E-state index in [2.05, 4.69) is 12.2 Å². The van der Waals surface area contributed by atoms with E-state index < -0.39 is 12.1 Å². The summed E-state index contributed by atoms with van der Waals surface area (Å²) in [6, 6.07) is 7.40. The number of ether oxygens (including phenoxy) is 4. The second-order valence-electron chi connectivity index (χ2n) is 10.5. The lowest BCUT2D eigenvalue weighted by Crippen LogP contribution is -2.18. The maximum absolute atomic E-state index is 13.1. The largest absolute Gasteiger partial charge is 0.495 e. The number of aliphatic hydroxyl groups is 1. The van der Waals surface area contributed by atoms with Gasteiger partial charge in [0.05, 0.1) is 19.8 Å². The smallest absolute Gasteiger partial charge is 0.346 e. The van der Waals surface area contributed by atoms with E-state index in [1.165, 1.54) is 13.5 Å². The third-order valence-corrected chi connectivity index (χ3v) is 7.33. The monoisotopic (exact) mass is 478 g/mol. The molecule has 2 aliphatic carbocycles. The summed E-state index contributed by atoms with van der Waals surface area (Å²) in [4.78, 5) is 13.1. The van der Waals surface area contributed by atoms with Gasteiger partial charge in [-0.1, -0.05) is 26.0 Å². The van der Waals surface area contributed by atoms with Crippen molar-refractivity contribution in [3.8, 4) is 23.0 Å². The van der Waals surface area contributed by atoms with E-state index in [0.717, 1.165) is 17.5 Å². The summed E-state index contributed by atoms with van der Waals surface area (Å²) in [5.74, 6) is 3.33. The Morgan fingerprint density at radius 2 is 2.00 bits per heavy atom. The first-order chi connectivity index (χ1) is 16.8. The molecule has 3 aliphatic rings. The van der Waals surface area contributed by atoms with Gasteiger partial charge in [0.15, 0.2) is 11.5 Å². The van der Waals surface area contributed by atoms with Gasteiger partial charge in [-0.15, -0.1) is 0 Å². The van der Waals surface area contributed by atoms with Crippen LogP contribution in [0.3, 0.4) is 0 Å². The molecule has 0 saturated heterocycles. The third-order valence-electron chi connectivity index (χ3n) is 7.33. The summed E-state index contributed by atoms with van der Waals surface area (Å²) in [5.41, 5.74) is 2.50. The number of aliphatic hydroxyl groups excluding tert-OH is 1. The van der Waals surface area contributed by atoms with Gasteiger partial charge in [-0.2, -0.15) is 0 Å². The van der Waals surface area contributed by atoms with Gasteiger partial charge in [-0.25, -0.2) is 4.79 Å². The topological polar surface area (TPSA) is 74.2 Å². The molecule has 3 unspecified atom stereocenters. The number of carbonyl (C=O) groups excluding carboxylic acids is 1. The summed E-state index contributed by atoms with van der Waals surface area (Å²) in [5, 5.41) is 10.8. The molecule has 0 amide bonds. The van der Waals surface area contributed by atoms with Crippen LogP contribution in [0.5, 0.6) is 23.0 Å². The summed E-state index contributed by atoms with van der Waals surface area (Å²) in [6.07, 6.45) is 6.83. The van der Waals surface area contributed by atoms with E-state index in [1.807, 2.05) is 32.9 Å². The second kappa shape index (κ2) is 9.57. The van der Waals surface area contributed by atoms with Crippen LogP contribution in [0.25, 0.3) is 0 Å². The molecule has 4 atom stereocenters. The summed E-state index contributed by atoms with van der Waals surface area (Å²) in [7, 11) is 1.49. The molecule has 2 bridgehead atoms. The molecule has 0 radical (unpaired) electrons. The van der Waals surface area contributed by atoms with Crippen molar-refractivity contribution in [2.75, 3.05) is 13.7 Å². The normalized spacial score (nSPS) is 23.1. The molecule has 1 fully saturated rings. The van der Waals surface area contributed by atoms with Crippen LogP contribution in [0, 0.1) is 30.6 Å². The minimum atomic E-state index is -0.766. The number of esters is 1. The molecule has 2 aromatic rings. The van der Waals surface area contributed by atoms with E-state index in [0.29, 0.717) is 53.6 Å². The van der Waals surface area contributed by atoms with Gasteiger partial charge in [0.1, 0.15) is 23.7 Å². The third kappa shape index (κ3) is 4.64. The van der Waals surface area contributed by atoms with Gasteiger partial charge in [0.2, 0.25) is 0 Å². The Balaban J connectivity index is 1.49. The molecule has 6 nitrogen and oxygen atoms in total. The molecule has 1 saturated carbocycles. The molecule has 35 heavy (non-hydrogen) atoms. The SMILES string of the molecule is COc1c([C@@H](O)CC(C)C)ccc2c1C(=O)OCc1cc(C)cc(OCC3CC4C=CC3C4)c1O2. The minimum Gasteiger partial charge on any atom is -0.495 e. The number of methoxy groups -OCH3 is 1. The Labute approximate surface area is 206 Å². The molecule has 2 aromatic carbocycles. The average molecular weight is 479 g/mol. The van der Waals surface area contributed by atoms with Crippen LogP contribution in [0.15, 0.2) is 36.4 Å². The Morgan fingerprint density at radius 3 is 2.69 bits per heavy atom. The first-order valence-electron chi connectivity index (χ1n) is 12.5. The fourth-order valence-corrected chi connectivity index (χ4v) is 5.67. The molecule has 0 spiro atoms. The van der Waals surface area contributed by atoms with Crippen LogP contribution < -0.4 is 14.2 Å². The molecule has 1 aliphatic heterocycles. The number of hydrogen-bond donors (Lipinski definition) is 1. The van der Waals surface area contributed by atoms with Crippen molar-refractivity contribution in [1.29, 1.82) is 0 Å². The quantitative estimate of drug-likeness (QED) is 0.381. The van der Waals surface area contributed by atoms with E-state index in [4.69, 9.17) is 18.9 Å². The number of carbonyl (C=O) groups is 1. The molecule has 0 aromatic heterocycles. The van der Waals surface area contributed by atoms with Crippen molar-refractivity contribution in [3.05, 3.63) is 58.7 Å². The first kappa shape index (κ1) is 23.7. The number of cyclic esters (lactones) is 1. The fourth-order valence-electron chi connectivity index (χ4n) is 5.67. The van der Waals surface area contributed by atoms with Crippen molar-refractivity contribution in [1.82, 2.24) is 0 Å². The van der Waals surface area contributed by atoms with Crippen molar-refractivity contribution < 1.29 is 28.8 Å². The Hall–Kier alpha value is -2.99. The predicted molar refractivity (Wildman–Crippen MR) is 132 cm³/mol. The summed E-state index contributed by atoms with van der Waals surface area (Å²) >= 11 is 0. The average Bonchev–Trinajstić information content (AvgIpc) is 3.44. The van der Waals surface area contributed by atoms with E-state index in [1.54, 1.807) is 12.1 Å². The lowest BCUT2D eigenvalue weighted by molar-refractivity contribution is 0.0453. The lowest BCUT2D eigenvalue weighted by atomic mass is 9.94. The van der Waals surface area contributed by atoms with Gasteiger partial charge in [-0.3, -0.25) is 0 Å². The number of hydrogen-bond acceptors (Lipinski definition) is 6. The zero-order chi connectivity index (χ0) is 24.7. The highest BCUT2D eigenvalue weighted by atomic mass is 16.6. The van der Waals surface area contributed by atoms with E-state index >= 15 is 0 Å². The highest BCUT2D eigenvalue weighted by molar-refractivity contribution is 5.96. The van der Waals surface area contributed by atoms with Crippen LogP contribution in [0.1, 0.15) is 66.3 Å². The molecule has 1 heterocycles. The highest BCUT2D eigenvalue weighted by Crippen LogP contribution is 2.46. The number of allylic oxidation sites excluding steroid dienone is 2. The number of fused-ring (bicyclic) bond motifs is 4. The first-order valence-corrected chi connectivity index (χ1v) is 12.5. The van der Waals surface area contributed by atoms with Crippen LogP contribution in [-0.4, -0.2) is 24.8 Å². The molecular weight excluding hydrogens is 444 g/mol. The van der Waals surface area contributed by atoms with Crippen molar-refractivity contribution >= 4 is 5.97 Å². The Kier molecular flexibility index (Phi) is 6.49. The molecule has 6 heteroatoms. The Morgan fingerprint density at radius 1 is 1.17 bits per heavy atom. The number of benzene rings is 2. The molecular formula is C29H34O6. The zero-order valence-corrected chi connectivity index (χ0v) is 20.9. The van der Waals surface area contributed by atoms with E-state index in [9.17, 15) is 9.90 Å². The van der Waals surface area contributed by atoms with Gasteiger partial charge >= 0.3 is 5.97 Å². The zero-order valence-electron chi connectivity index (χ0n) is 20.9. The highest BCUT2D eigenvalue weighted by Gasteiger charge is 2.36. The van der Waals surface area contributed by atoms with Crippen LogP contribution in [0.4, 0.5) is 0 Å². The minimum absolute atomic E-state index is 0.0600. The van der Waals surface area contributed by atoms with Gasteiger partial charge < -0.3 is 24.1 Å². The Bertz CT molecular complexity index is 1150. The van der Waals surface area contributed by atoms with E-state index in [-0.39, 0.29) is 23.8 Å². The van der Waals surface area contributed by atoms with Crippen LogP contribution in [0.2, 0.25) is 0 Å². The number of aryl methyl sites for hydroxylation is 1. The van der Waals surface area contributed by atoms with Crippen LogP contribution in [-0.2, 0) is 11.3 Å². The second-order valence-corrected chi connectivity index (χ2v) is 10.5. The predicted octanol–water partition coefficient (Wildman–Crippen LogP) is 6.14. The van der Waals surface area contributed by atoms with Crippen molar-refractivity contribution in [2.24, 2.45) is 23.7 Å². The summed E-state index contributed by atoms with van der Waals surface area (Å²) in [6.45, 7) is 6.75. The van der Waals surface area contributed by atoms with Crippen molar-refractivity contribution in [3.63, 3.8) is 0 Å². The maximum Gasteiger partial charge on any atom is 0.346 e. The van der Waals surface area contributed by atoms with Crippen molar-refractivity contribution in [2.45, 2.75) is 52.7 Å². The lowest BCUT2D eigenvalue weighted by Gasteiger charge is -2.25. The fraction of sp³-hybridized carbons (Fsp3) is 0.483. The summed E-state index contributed by atoms with van der Waals surface area (Å²) < 4.78 is 24.0. The van der Waals surface area contributed by atoms with Gasteiger partial charge in [-0.05, 0) is 79.7 Å². The standard InChI is InChI=1S/C29H34O6/c1-16(2)9-23(30)22-7-8-24-26(28(22)32-4)29(31)34-15-21-10-17(3)11-25(27(21)35-24)33-14-20-13-18-5-6-19(20)12-18/h5-8,10-11,16,18-20,23,30H,9,12-15H2,1-4H3/t18?,19?,20?,23-/m0/s1. The number of rotatable bonds is 7. The van der Waals surface area contributed by atoms with Gasteiger partial charge in [0.25, 0.3) is 0 Å². The molecule has 1 N–H and O–H groups in total. The van der Waals surface area contributed by atoms with Gasteiger partial charge in [0, 0.05) is 11.1 Å². The molecule has 5 rings (SSSR count). The maximum atomic E-state index is 13.1. The van der Waals surface area contributed by atoms with Crippen LogP contribution >= 0.6 is 0 Å². The molecule has 186 valence electrons.